The molecule has 0 aliphatic carbocycles. The van der Waals surface area contributed by atoms with Crippen LogP contribution in [0.2, 0.25) is 0 Å². The van der Waals surface area contributed by atoms with Crippen molar-refractivity contribution in [3.8, 4) is 6.07 Å². The molecule has 0 aromatic carbocycles. The number of rotatable bonds is 1. The van der Waals surface area contributed by atoms with E-state index in [0.29, 0.717) is 11.7 Å². The fraction of sp³-hybridized carbons (Fsp3) is 0.625. The Morgan fingerprint density at radius 1 is 1.67 bits per heavy atom. The Kier molecular flexibility index (Phi) is 3.35. The van der Waals surface area contributed by atoms with Gasteiger partial charge in [-0.25, -0.2) is 3.11 Å². The summed E-state index contributed by atoms with van der Waals surface area (Å²) >= 11 is 2.32. The third kappa shape index (κ3) is 2.11. The molecule has 1 heterocycles. The Balaban J connectivity index is 2.52. The maximum Gasteiger partial charge on any atom is 0.116 e. The van der Waals surface area contributed by atoms with Crippen molar-refractivity contribution in [1.82, 2.24) is 8.01 Å². The second kappa shape index (κ2) is 4.10. The van der Waals surface area contributed by atoms with E-state index >= 15 is 0 Å². The van der Waals surface area contributed by atoms with E-state index in [2.05, 4.69) is 45.5 Å². The zero-order chi connectivity index (χ0) is 9.14. The molecule has 0 spiro atoms. The lowest BCUT2D eigenvalue weighted by Crippen LogP contribution is -2.46. The largest absolute Gasteiger partial charge is 0.361 e. The summed E-state index contributed by atoms with van der Waals surface area (Å²) in [7, 11) is 0. The van der Waals surface area contributed by atoms with Gasteiger partial charge in [-0.05, 0) is 6.92 Å². The number of hydrogen-bond acceptors (Lipinski definition) is 3. The highest BCUT2D eigenvalue weighted by molar-refractivity contribution is 14.1. The molecule has 1 aliphatic rings. The summed E-state index contributed by atoms with van der Waals surface area (Å²) in [5.41, 5.74) is 0.589. The molecule has 0 unspecified atom stereocenters. The Hall–Kier alpha value is -0.280. The lowest BCUT2D eigenvalue weighted by Gasteiger charge is -2.36. The smallest absolute Gasteiger partial charge is 0.116 e. The molecule has 1 fully saturated rings. The fourth-order valence-electron chi connectivity index (χ4n) is 1.25. The normalized spacial score (nSPS) is 25.1. The number of hydrogen-bond donors (Lipinski definition) is 0. The Labute approximate surface area is 87.1 Å². The molecule has 0 bridgehead atoms. The molecule has 1 saturated heterocycles. The summed E-state index contributed by atoms with van der Waals surface area (Å²) in [6.07, 6.45) is 0. The topological polar surface area (TPSA) is 30.3 Å². The van der Waals surface area contributed by atoms with Crippen LogP contribution in [0.1, 0.15) is 6.92 Å². The van der Waals surface area contributed by atoms with Gasteiger partial charge in [0.05, 0.1) is 0 Å². The van der Waals surface area contributed by atoms with E-state index in [1.807, 2.05) is 4.90 Å². The van der Waals surface area contributed by atoms with Crippen LogP contribution in [0.25, 0.3) is 0 Å². The number of nitrogens with zero attached hydrogens (tertiary/aromatic N) is 3. The van der Waals surface area contributed by atoms with Crippen molar-refractivity contribution in [3.63, 3.8) is 0 Å². The van der Waals surface area contributed by atoms with Crippen LogP contribution in [0.4, 0.5) is 0 Å². The van der Waals surface area contributed by atoms with Crippen LogP contribution < -0.4 is 0 Å². The summed E-state index contributed by atoms with van der Waals surface area (Å²) in [5.74, 6) is 0. The second-order valence-electron chi connectivity index (χ2n) is 2.98. The number of halogens is 1. The van der Waals surface area contributed by atoms with Crippen LogP contribution in [0, 0.1) is 11.3 Å². The van der Waals surface area contributed by atoms with Crippen molar-refractivity contribution in [2.24, 2.45) is 0 Å². The minimum absolute atomic E-state index is 0.504. The monoisotopic (exact) mass is 277 g/mol. The molecule has 0 aromatic rings. The molecule has 3 nitrogen and oxygen atoms in total. The van der Waals surface area contributed by atoms with Gasteiger partial charge in [-0.3, -0.25) is 0 Å². The van der Waals surface area contributed by atoms with Crippen molar-refractivity contribution in [3.05, 3.63) is 12.3 Å². The van der Waals surface area contributed by atoms with E-state index in [4.69, 9.17) is 5.26 Å². The first-order chi connectivity index (χ1) is 5.65. The van der Waals surface area contributed by atoms with Gasteiger partial charge < -0.3 is 4.90 Å². The molecular formula is C8H12IN3. The second-order valence-corrected chi connectivity index (χ2v) is 4.22. The molecule has 0 N–H and O–H groups in total. The van der Waals surface area contributed by atoms with E-state index in [9.17, 15) is 0 Å². The van der Waals surface area contributed by atoms with E-state index < -0.39 is 0 Å². The molecule has 0 radical (unpaired) electrons. The summed E-state index contributed by atoms with van der Waals surface area (Å²) in [4.78, 5) is 2.04. The predicted molar refractivity (Wildman–Crippen MR) is 56.5 cm³/mol. The fourth-order valence-corrected chi connectivity index (χ4v) is 1.64. The van der Waals surface area contributed by atoms with Gasteiger partial charge in [0.2, 0.25) is 0 Å². The van der Waals surface area contributed by atoms with E-state index in [-0.39, 0.29) is 0 Å². The van der Waals surface area contributed by atoms with Gasteiger partial charge in [0, 0.05) is 48.5 Å². The zero-order valence-electron chi connectivity index (χ0n) is 7.13. The highest BCUT2D eigenvalue weighted by atomic mass is 127. The Morgan fingerprint density at radius 2 is 2.33 bits per heavy atom. The van der Waals surface area contributed by atoms with Crippen molar-refractivity contribution >= 4 is 22.9 Å². The average molecular weight is 277 g/mol. The van der Waals surface area contributed by atoms with E-state index in [1.165, 1.54) is 0 Å². The Bertz CT molecular complexity index is 221. The van der Waals surface area contributed by atoms with Crippen molar-refractivity contribution in [2.45, 2.75) is 13.0 Å². The average Bonchev–Trinajstić information content (AvgIpc) is 2.08. The summed E-state index contributed by atoms with van der Waals surface area (Å²) in [6, 6.07) is 2.58. The van der Waals surface area contributed by atoms with Gasteiger partial charge in [0.25, 0.3) is 0 Å². The van der Waals surface area contributed by atoms with Gasteiger partial charge >= 0.3 is 0 Å². The maximum atomic E-state index is 8.63. The van der Waals surface area contributed by atoms with Crippen LogP contribution in [0.15, 0.2) is 12.3 Å². The molecule has 4 heteroatoms. The highest BCUT2D eigenvalue weighted by Crippen LogP contribution is 2.16. The van der Waals surface area contributed by atoms with Crippen LogP contribution >= 0.6 is 22.9 Å². The first kappa shape index (κ1) is 9.81. The van der Waals surface area contributed by atoms with Gasteiger partial charge in [-0.15, -0.1) is 0 Å². The minimum atomic E-state index is 0.504. The molecular weight excluding hydrogens is 265 g/mol. The number of allylic oxidation sites excluding steroid dienone is 1. The van der Waals surface area contributed by atoms with Gasteiger partial charge in [-0.1, -0.05) is 6.58 Å². The van der Waals surface area contributed by atoms with E-state index in [0.717, 1.165) is 19.6 Å². The molecule has 0 amide bonds. The first-order valence-corrected chi connectivity index (χ1v) is 4.88. The molecule has 0 saturated carbocycles. The van der Waals surface area contributed by atoms with Gasteiger partial charge in [0.15, 0.2) is 0 Å². The van der Waals surface area contributed by atoms with Crippen LogP contribution in [-0.4, -0.2) is 33.7 Å². The van der Waals surface area contributed by atoms with E-state index in [1.54, 1.807) is 0 Å². The number of nitriles is 1. The molecule has 66 valence electrons. The summed E-state index contributed by atoms with van der Waals surface area (Å²) in [6.45, 7) is 8.69. The highest BCUT2D eigenvalue weighted by Gasteiger charge is 2.22. The summed E-state index contributed by atoms with van der Waals surface area (Å²) in [5, 5.41) is 8.63. The van der Waals surface area contributed by atoms with Crippen molar-refractivity contribution < 1.29 is 0 Å². The lowest BCUT2D eigenvalue weighted by atomic mass is 10.2. The maximum absolute atomic E-state index is 8.63. The zero-order valence-corrected chi connectivity index (χ0v) is 9.28. The minimum Gasteiger partial charge on any atom is -0.361 e. The van der Waals surface area contributed by atoms with Crippen molar-refractivity contribution in [2.75, 3.05) is 19.6 Å². The first-order valence-electron chi connectivity index (χ1n) is 3.91. The van der Waals surface area contributed by atoms with Gasteiger partial charge in [-0.2, -0.15) is 5.26 Å². The molecule has 12 heavy (non-hydrogen) atoms. The third-order valence-electron chi connectivity index (χ3n) is 2.06. The molecule has 1 rings (SSSR count). The quantitative estimate of drug-likeness (QED) is 0.412. The Morgan fingerprint density at radius 3 is 2.83 bits per heavy atom. The van der Waals surface area contributed by atoms with Crippen LogP contribution in [0.5, 0.6) is 0 Å². The summed E-state index contributed by atoms with van der Waals surface area (Å²) < 4.78 is 2.26. The van der Waals surface area contributed by atoms with Crippen LogP contribution in [-0.2, 0) is 0 Å². The molecule has 1 atom stereocenters. The third-order valence-corrected chi connectivity index (χ3v) is 3.49. The SMILES string of the molecule is C=C(C#N)N1CCN(I)[C@@H](C)C1. The standard InChI is InChI=1S/C8H12IN3/c1-7(5-10)11-3-4-12(9)8(2)6-11/h8H,1,3-4,6H2,2H3/t8-/m0/s1. The number of piperazine rings is 1. The molecule has 0 aromatic heterocycles. The molecule has 1 aliphatic heterocycles. The van der Waals surface area contributed by atoms with Gasteiger partial charge in [0.1, 0.15) is 11.8 Å². The lowest BCUT2D eigenvalue weighted by molar-refractivity contribution is 0.207. The van der Waals surface area contributed by atoms with Crippen molar-refractivity contribution in [1.29, 1.82) is 5.26 Å². The van der Waals surface area contributed by atoms with Crippen LogP contribution in [0.3, 0.4) is 0 Å². The predicted octanol–water partition coefficient (Wildman–Crippen LogP) is 1.38.